The molecule has 326 valence electrons. The molecule has 0 saturated heterocycles. The molecule has 0 unspecified atom stereocenters. The van der Waals surface area contributed by atoms with Gasteiger partial charge in [-0.05, 0) is 194 Å². The summed E-state index contributed by atoms with van der Waals surface area (Å²) < 4.78 is 15.7. The van der Waals surface area contributed by atoms with Crippen LogP contribution in [-0.4, -0.2) is 56.2 Å². The maximum absolute atomic E-state index is 13.0. The Kier molecular flexibility index (Phi) is 15.9. The molecular weight excluding hydrogens is 780 g/mol. The van der Waals surface area contributed by atoms with Crippen molar-refractivity contribution in [2.75, 3.05) is 19.8 Å². The Balaban J connectivity index is 1.75. The molecule has 0 bridgehead atoms. The van der Waals surface area contributed by atoms with E-state index in [4.69, 9.17) is 28.9 Å². The van der Waals surface area contributed by atoms with Crippen LogP contribution in [0.15, 0.2) is 0 Å². The first-order valence-electron chi connectivity index (χ1n) is 19.3. The van der Waals surface area contributed by atoms with Gasteiger partial charge in [0, 0.05) is 0 Å². The Bertz CT molecular complexity index is 1900. The van der Waals surface area contributed by atoms with Crippen molar-refractivity contribution in [3.63, 3.8) is 0 Å². The predicted octanol–water partition coefficient (Wildman–Crippen LogP) is 9.78. The fourth-order valence-electron chi connectivity index (χ4n) is 6.90. The number of carbonyl (C=O) groups is 6. The molecule has 0 fully saturated rings. The maximum atomic E-state index is 13.0. The number of benzene rings is 3. The maximum Gasteiger partial charge on any atom is 0.549 e. The minimum Gasteiger partial charge on any atom is -0.431 e. The van der Waals surface area contributed by atoms with Gasteiger partial charge in [0.1, 0.15) is 19.8 Å². The standard InChI is InChI=1S/C45H56O15/c1-17-45(18-52-42(49)58-55-39(46)36-30(11)24(5)21(2)25(6)31(36)12,19-53-43(50)59-56-40(47)37-32(13)26(7)22(3)27(8)33(37)14)20-54-44(51)60-57-41(48)38-34(15)28(9)23(4)29(10)35(38)16/h17-20H2,1-16H3. The second kappa shape index (κ2) is 19.8. The van der Waals surface area contributed by atoms with Crippen LogP contribution in [0.2, 0.25) is 0 Å². The topological polar surface area (TPSA) is 185 Å². The fraction of sp³-hybridized carbons (Fsp3) is 0.467. The van der Waals surface area contributed by atoms with Gasteiger partial charge < -0.3 is 14.2 Å². The molecule has 15 heteroatoms. The summed E-state index contributed by atoms with van der Waals surface area (Å²) in [6, 6.07) is 0. The molecule has 0 amide bonds. The van der Waals surface area contributed by atoms with Crippen LogP contribution in [0.25, 0.3) is 0 Å². The molecule has 0 aliphatic heterocycles. The number of carbonyl (C=O) groups excluding carboxylic acids is 6. The summed E-state index contributed by atoms with van der Waals surface area (Å²) in [5.74, 6) is -2.79. The Morgan fingerprint density at radius 1 is 0.317 bits per heavy atom. The van der Waals surface area contributed by atoms with Gasteiger partial charge in [0.15, 0.2) is 0 Å². The summed E-state index contributed by atoms with van der Waals surface area (Å²) in [6.45, 7) is 27.1. The first-order valence-corrected chi connectivity index (χ1v) is 19.3. The Hall–Kier alpha value is -6.12. The molecule has 60 heavy (non-hydrogen) atoms. The van der Waals surface area contributed by atoms with Crippen LogP contribution in [0.4, 0.5) is 14.4 Å². The van der Waals surface area contributed by atoms with Gasteiger partial charge in [-0.3, -0.25) is 0 Å². The Morgan fingerprint density at radius 3 is 0.683 bits per heavy atom. The Labute approximate surface area is 350 Å². The molecular formula is C45H56O15. The van der Waals surface area contributed by atoms with Crippen LogP contribution in [0.5, 0.6) is 0 Å². The van der Waals surface area contributed by atoms with Crippen molar-refractivity contribution < 1.29 is 72.3 Å². The van der Waals surface area contributed by atoms with Gasteiger partial charge in [0.2, 0.25) is 0 Å². The van der Waals surface area contributed by atoms with E-state index in [1.165, 1.54) is 0 Å². The lowest BCUT2D eigenvalue weighted by atomic mass is 9.88. The highest BCUT2D eigenvalue weighted by Gasteiger charge is 2.36. The van der Waals surface area contributed by atoms with Crippen molar-refractivity contribution in [1.82, 2.24) is 0 Å². The van der Waals surface area contributed by atoms with E-state index in [-0.39, 0.29) is 23.1 Å². The molecule has 0 aliphatic rings. The normalized spacial score (nSPS) is 11.0. The number of hydrogen-bond acceptors (Lipinski definition) is 15. The van der Waals surface area contributed by atoms with Crippen molar-refractivity contribution >= 4 is 36.4 Å². The zero-order valence-electron chi connectivity index (χ0n) is 37.5. The van der Waals surface area contributed by atoms with Gasteiger partial charge in [-0.15, -0.1) is 0 Å². The molecule has 0 radical (unpaired) electrons. The van der Waals surface area contributed by atoms with Gasteiger partial charge >= 0.3 is 36.4 Å². The van der Waals surface area contributed by atoms with E-state index in [9.17, 15) is 28.8 Å². The van der Waals surface area contributed by atoms with E-state index in [1.54, 1.807) is 48.5 Å². The van der Waals surface area contributed by atoms with Gasteiger partial charge in [-0.1, -0.05) is 6.92 Å². The first kappa shape index (κ1) is 48.3. The molecule has 0 spiro atoms. The summed E-state index contributed by atoms with van der Waals surface area (Å²) >= 11 is 0. The van der Waals surface area contributed by atoms with Crippen molar-refractivity contribution in [1.29, 1.82) is 0 Å². The van der Waals surface area contributed by atoms with E-state index < -0.39 is 61.6 Å². The van der Waals surface area contributed by atoms with Crippen molar-refractivity contribution in [2.24, 2.45) is 5.41 Å². The third kappa shape index (κ3) is 10.4. The monoisotopic (exact) mass is 836 g/mol. The van der Waals surface area contributed by atoms with Gasteiger partial charge in [0.05, 0.1) is 22.1 Å². The highest BCUT2D eigenvalue weighted by Crippen LogP contribution is 2.30. The van der Waals surface area contributed by atoms with Crippen molar-refractivity contribution in [3.05, 3.63) is 100 Å². The van der Waals surface area contributed by atoms with Crippen LogP contribution in [0.1, 0.15) is 128 Å². The van der Waals surface area contributed by atoms with Crippen LogP contribution in [0.3, 0.4) is 0 Å². The lowest BCUT2D eigenvalue weighted by molar-refractivity contribution is -0.217. The second-order valence-corrected chi connectivity index (χ2v) is 15.3. The van der Waals surface area contributed by atoms with Gasteiger partial charge in [0.25, 0.3) is 0 Å². The minimum atomic E-state index is -1.54. The lowest BCUT2D eigenvalue weighted by Crippen LogP contribution is -2.39. The summed E-state index contributed by atoms with van der Waals surface area (Å²) in [4.78, 5) is 106. The van der Waals surface area contributed by atoms with Crippen LogP contribution >= 0.6 is 0 Å². The van der Waals surface area contributed by atoms with Crippen molar-refractivity contribution in [3.8, 4) is 0 Å². The quantitative estimate of drug-likeness (QED) is 0.0812. The number of ether oxygens (including phenoxy) is 3. The zero-order chi connectivity index (χ0) is 45.5. The van der Waals surface area contributed by atoms with Gasteiger partial charge in [-0.2, -0.15) is 14.4 Å². The molecule has 3 rings (SSSR count). The third-order valence-electron chi connectivity index (χ3n) is 12.4. The molecule has 0 N–H and O–H groups in total. The summed E-state index contributed by atoms with van der Waals surface area (Å²) in [6.07, 6.45) is -4.35. The SMILES string of the molecule is CCC(COC(=O)OOC(=O)c1c(C)c(C)c(C)c(C)c1C)(COC(=O)OOC(=O)c1c(C)c(C)c(C)c(C)c1C)COC(=O)OOC(=O)c1c(C)c(C)c(C)c(C)c1C. The molecule has 3 aromatic rings. The molecule has 0 atom stereocenters. The van der Waals surface area contributed by atoms with Crippen LogP contribution in [-0.2, 0) is 43.5 Å². The smallest absolute Gasteiger partial charge is 0.431 e. The van der Waals surface area contributed by atoms with Crippen molar-refractivity contribution in [2.45, 2.75) is 117 Å². The predicted molar refractivity (Wildman–Crippen MR) is 217 cm³/mol. The van der Waals surface area contributed by atoms with E-state index >= 15 is 0 Å². The van der Waals surface area contributed by atoms with Crippen LogP contribution in [0, 0.1) is 109 Å². The molecule has 0 heterocycles. The molecule has 15 nitrogen and oxygen atoms in total. The minimum absolute atomic E-state index is 0.00112. The second-order valence-electron chi connectivity index (χ2n) is 15.3. The molecule has 0 saturated carbocycles. The highest BCUT2D eigenvalue weighted by atomic mass is 17.2. The third-order valence-corrected chi connectivity index (χ3v) is 12.4. The Morgan fingerprint density at radius 2 is 0.500 bits per heavy atom. The summed E-state index contributed by atoms with van der Waals surface area (Å²) in [7, 11) is 0. The van der Waals surface area contributed by atoms with Gasteiger partial charge in [-0.25, -0.2) is 43.7 Å². The summed E-state index contributed by atoms with van der Waals surface area (Å²) in [5.41, 5.74) is 11.3. The van der Waals surface area contributed by atoms with E-state index in [0.717, 1.165) is 50.1 Å². The van der Waals surface area contributed by atoms with E-state index in [1.807, 2.05) is 62.3 Å². The number of rotatable bonds is 10. The lowest BCUT2D eigenvalue weighted by Gasteiger charge is -2.29. The molecule has 0 aromatic heterocycles. The van der Waals surface area contributed by atoms with E-state index in [2.05, 4.69) is 14.7 Å². The van der Waals surface area contributed by atoms with Crippen LogP contribution < -0.4 is 0 Å². The first-order chi connectivity index (χ1) is 27.9. The molecule has 3 aromatic carbocycles. The fourth-order valence-corrected chi connectivity index (χ4v) is 6.90. The summed E-state index contributed by atoms with van der Waals surface area (Å²) in [5, 5.41) is 0. The largest absolute Gasteiger partial charge is 0.549 e. The number of hydrogen-bond donors (Lipinski definition) is 0. The van der Waals surface area contributed by atoms with E-state index in [0.29, 0.717) is 33.4 Å². The highest BCUT2D eigenvalue weighted by molar-refractivity contribution is 5.95. The molecule has 0 aliphatic carbocycles. The average molecular weight is 837 g/mol. The average Bonchev–Trinajstić information content (AvgIpc) is 3.22. The zero-order valence-corrected chi connectivity index (χ0v) is 37.5.